The lowest BCUT2D eigenvalue weighted by Crippen LogP contribution is -2.41. The van der Waals surface area contributed by atoms with Crippen LogP contribution in [0.1, 0.15) is 36.9 Å². The van der Waals surface area contributed by atoms with Gasteiger partial charge in [0.25, 0.3) is 0 Å². The van der Waals surface area contributed by atoms with Crippen molar-refractivity contribution in [3.8, 4) is 0 Å². The third kappa shape index (κ3) is 5.07. The molecule has 8 nitrogen and oxygen atoms in total. The van der Waals surface area contributed by atoms with Crippen molar-refractivity contribution in [2.75, 3.05) is 5.32 Å². The standard InChI is InChI=1S/C24H27ClN8/c25-18-3-1-2-17(12-18)14-31-24-28-9-8-20(32-24)21-15-30-23-22(27-10-11-33(21)23)29-13-16-4-6-19(26)7-5-16/h1-3,8-13,15-16,19,23,30H,4-7,14,26H2,(H,28,31,32). The van der Waals surface area contributed by atoms with E-state index in [1.54, 1.807) is 12.4 Å². The summed E-state index contributed by atoms with van der Waals surface area (Å²) < 4.78 is 0. The Labute approximate surface area is 198 Å². The van der Waals surface area contributed by atoms with Crippen LogP contribution in [0.25, 0.3) is 5.70 Å². The molecule has 2 aliphatic heterocycles. The molecule has 0 bridgehead atoms. The Morgan fingerprint density at radius 1 is 1.24 bits per heavy atom. The van der Waals surface area contributed by atoms with Crippen molar-refractivity contribution < 1.29 is 0 Å². The predicted octanol–water partition coefficient (Wildman–Crippen LogP) is 3.74. The summed E-state index contributed by atoms with van der Waals surface area (Å²) in [7, 11) is 0. The molecule has 5 rings (SSSR count). The first kappa shape index (κ1) is 21.6. The second kappa shape index (κ2) is 9.72. The number of benzene rings is 1. The highest BCUT2D eigenvalue weighted by Crippen LogP contribution is 2.28. The van der Waals surface area contributed by atoms with Gasteiger partial charge in [0.05, 0.1) is 11.4 Å². The Morgan fingerprint density at radius 3 is 2.97 bits per heavy atom. The second-order valence-corrected chi connectivity index (χ2v) is 8.93. The van der Waals surface area contributed by atoms with Crippen LogP contribution >= 0.6 is 11.6 Å². The van der Waals surface area contributed by atoms with Gasteiger partial charge < -0.3 is 21.3 Å². The molecule has 1 atom stereocenters. The van der Waals surface area contributed by atoms with Crippen LogP contribution in [0.2, 0.25) is 5.02 Å². The van der Waals surface area contributed by atoms with Gasteiger partial charge in [0.15, 0.2) is 12.0 Å². The van der Waals surface area contributed by atoms with Crippen molar-refractivity contribution in [2.45, 2.75) is 44.4 Å². The van der Waals surface area contributed by atoms with E-state index in [2.05, 4.69) is 25.5 Å². The average molecular weight is 463 g/mol. The minimum Gasteiger partial charge on any atom is -0.363 e. The molecule has 1 aliphatic carbocycles. The summed E-state index contributed by atoms with van der Waals surface area (Å²) in [5, 5.41) is 7.37. The number of aliphatic imine (C=N–C) groups is 2. The highest BCUT2D eigenvalue weighted by atomic mass is 35.5. The molecule has 1 unspecified atom stereocenters. The maximum Gasteiger partial charge on any atom is 0.223 e. The van der Waals surface area contributed by atoms with Crippen LogP contribution in [0, 0.1) is 5.92 Å². The molecule has 1 aromatic carbocycles. The highest BCUT2D eigenvalue weighted by Gasteiger charge is 2.32. The van der Waals surface area contributed by atoms with Gasteiger partial charge in [0, 0.05) is 48.6 Å². The number of anilines is 1. The van der Waals surface area contributed by atoms with E-state index >= 15 is 0 Å². The zero-order valence-electron chi connectivity index (χ0n) is 18.2. The summed E-state index contributed by atoms with van der Waals surface area (Å²) in [5.74, 6) is 1.77. The number of rotatable bonds is 5. The van der Waals surface area contributed by atoms with Crippen molar-refractivity contribution in [3.05, 3.63) is 71.4 Å². The van der Waals surface area contributed by atoms with Gasteiger partial charge in [0.1, 0.15) is 0 Å². The lowest BCUT2D eigenvalue weighted by atomic mass is 9.87. The third-order valence-corrected chi connectivity index (χ3v) is 6.34. The van der Waals surface area contributed by atoms with Gasteiger partial charge in [-0.3, -0.25) is 0 Å². The first-order chi connectivity index (χ1) is 16.2. The molecule has 170 valence electrons. The quantitative estimate of drug-likeness (QED) is 0.585. The van der Waals surface area contributed by atoms with Gasteiger partial charge in [0.2, 0.25) is 5.95 Å². The number of hydrogen-bond donors (Lipinski definition) is 3. The van der Waals surface area contributed by atoms with Crippen LogP contribution in [0.5, 0.6) is 0 Å². The van der Waals surface area contributed by atoms with Crippen LogP contribution in [0.3, 0.4) is 0 Å². The van der Waals surface area contributed by atoms with Gasteiger partial charge in [-0.05, 0) is 55.4 Å². The zero-order chi connectivity index (χ0) is 22.6. The van der Waals surface area contributed by atoms with Crippen molar-refractivity contribution in [1.82, 2.24) is 20.2 Å². The predicted molar refractivity (Wildman–Crippen MR) is 133 cm³/mol. The number of nitrogens with two attached hydrogens (primary N) is 1. The van der Waals surface area contributed by atoms with Crippen molar-refractivity contribution in [1.29, 1.82) is 0 Å². The van der Waals surface area contributed by atoms with Gasteiger partial charge in [-0.1, -0.05) is 23.7 Å². The van der Waals surface area contributed by atoms with Crippen LogP contribution in [0.15, 0.2) is 65.1 Å². The van der Waals surface area contributed by atoms with E-state index in [-0.39, 0.29) is 6.17 Å². The molecule has 1 aromatic heterocycles. The van der Waals surface area contributed by atoms with E-state index in [4.69, 9.17) is 27.3 Å². The number of amidine groups is 1. The topological polar surface area (TPSA) is 104 Å². The molecular formula is C24H27ClN8. The molecule has 0 saturated heterocycles. The maximum absolute atomic E-state index is 6.08. The zero-order valence-corrected chi connectivity index (χ0v) is 19.0. The largest absolute Gasteiger partial charge is 0.363 e. The molecule has 1 saturated carbocycles. The van der Waals surface area contributed by atoms with Gasteiger partial charge in [-0.2, -0.15) is 0 Å². The lowest BCUT2D eigenvalue weighted by Gasteiger charge is -2.27. The molecule has 33 heavy (non-hydrogen) atoms. The molecule has 0 spiro atoms. The Bertz CT molecular complexity index is 1120. The normalized spacial score (nSPS) is 24.3. The summed E-state index contributed by atoms with van der Waals surface area (Å²) in [5.41, 5.74) is 8.84. The monoisotopic (exact) mass is 462 g/mol. The number of hydrogen-bond acceptors (Lipinski definition) is 8. The fraction of sp³-hybridized carbons (Fsp3) is 0.333. The number of aromatic nitrogens is 2. The minimum absolute atomic E-state index is 0.148. The van der Waals surface area contributed by atoms with Gasteiger partial charge in [-0.25, -0.2) is 20.0 Å². The number of fused-ring (bicyclic) bond motifs is 1. The van der Waals surface area contributed by atoms with Crippen LogP contribution in [0.4, 0.5) is 5.95 Å². The second-order valence-electron chi connectivity index (χ2n) is 8.49. The number of nitrogens with one attached hydrogen (secondary N) is 2. The summed E-state index contributed by atoms with van der Waals surface area (Å²) in [6.45, 7) is 0.588. The Hall–Kier alpha value is -3.23. The average Bonchev–Trinajstić information content (AvgIpc) is 3.28. The Kier molecular flexibility index (Phi) is 6.37. The minimum atomic E-state index is -0.148. The molecule has 2 aromatic rings. The van der Waals surface area contributed by atoms with Gasteiger partial charge >= 0.3 is 0 Å². The molecule has 0 amide bonds. The smallest absolute Gasteiger partial charge is 0.223 e. The summed E-state index contributed by atoms with van der Waals surface area (Å²) in [4.78, 5) is 20.4. The first-order valence-electron chi connectivity index (χ1n) is 11.3. The van der Waals surface area contributed by atoms with Crippen LogP contribution in [-0.4, -0.2) is 39.1 Å². The molecule has 1 fully saturated rings. The van der Waals surface area contributed by atoms with E-state index < -0.39 is 0 Å². The summed E-state index contributed by atoms with van der Waals surface area (Å²) >= 11 is 6.08. The third-order valence-electron chi connectivity index (χ3n) is 6.10. The van der Waals surface area contributed by atoms with Crippen LogP contribution in [-0.2, 0) is 6.54 Å². The fourth-order valence-corrected chi connectivity index (χ4v) is 4.48. The van der Waals surface area contributed by atoms with Crippen molar-refractivity contribution in [2.24, 2.45) is 21.6 Å². The summed E-state index contributed by atoms with van der Waals surface area (Å²) in [6, 6.07) is 9.96. The molecule has 0 radical (unpaired) electrons. The van der Waals surface area contributed by atoms with E-state index in [0.717, 1.165) is 48.5 Å². The van der Waals surface area contributed by atoms with E-state index in [0.29, 0.717) is 29.5 Å². The molecule has 3 aliphatic rings. The first-order valence-corrected chi connectivity index (χ1v) is 11.6. The molecule has 3 heterocycles. The molecule has 9 heteroatoms. The molecular weight excluding hydrogens is 436 g/mol. The van der Waals surface area contributed by atoms with Crippen molar-refractivity contribution in [3.63, 3.8) is 0 Å². The molecule has 4 N–H and O–H groups in total. The van der Waals surface area contributed by atoms with E-state index in [1.165, 1.54) is 0 Å². The van der Waals surface area contributed by atoms with E-state index in [9.17, 15) is 0 Å². The maximum atomic E-state index is 6.08. The number of halogens is 1. The fourth-order valence-electron chi connectivity index (χ4n) is 4.27. The Morgan fingerprint density at radius 2 is 2.12 bits per heavy atom. The lowest BCUT2D eigenvalue weighted by molar-refractivity contribution is 0.395. The van der Waals surface area contributed by atoms with Gasteiger partial charge in [-0.15, -0.1) is 0 Å². The SMILES string of the molecule is NC1CCC(C=NC2=NC=CN3C(c4ccnc(NCc5cccc(Cl)c5)n4)=CNC23)CC1. The van der Waals surface area contributed by atoms with E-state index in [1.807, 2.05) is 48.9 Å². The Balaban J connectivity index is 1.25. The van der Waals surface area contributed by atoms with Crippen LogP contribution < -0.4 is 16.4 Å². The van der Waals surface area contributed by atoms with Crippen molar-refractivity contribution >= 4 is 35.3 Å². The summed E-state index contributed by atoms with van der Waals surface area (Å²) in [6.07, 6.45) is 13.6. The number of nitrogens with zero attached hydrogens (tertiary/aromatic N) is 5. The highest BCUT2D eigenvalue weighted by molar-refractivity contribution is 6.30.